The molecule has 1 aromatic heterocycles. The van der Waals surface area contributed by atoms with Crippen LogP contribution < -0.4 is 5.32 Å². The van der Waals surface area contributed by atoms with Crippen molar-refractivity contribution < 1.29 is 0 Å². The quantitative estimate of drug-likeness (QED) is 0.848. The predicted octanol–water partition coefficient (Wildman–Crippen LogP) is 4.17. The molecule has 0 amide bonds. The van der Waals surface area contributed by atoms with Gasteiger partial charge in [0.15, 0.2) is 0 Å². The van der Waals surface area contributed by atoms with Crippen LogP contribution >= 0.6 is 11.3 Å². The molecular weight excluding hydrogens is 276 g/mol. The summed E-state index contributed by atoms with van der Waals surface area (Å²) in [6, 6.07) is 3.55. The van der Waals surface area contributed by atoms with E-state index < -0.39 is 0 Å². The van der Waals surface area contributed by atoms with E-state index in [2.05, 4.69) is 61.7 Å². The summed E-state index contributed by atoms with van der Waals surface area (Å²) in [7, 11) is 0. The molecule has 0 aliphatic carbocycles. The van der Waals surface area contributed by atoms with Crippen LogP contribution in [0.5, 0.6) is 0 Å². The molecule has 0 saturated carbocycles. The molecule has 21 heavy (non-hydrogen) atoms. The minimum Gasteiger partial charge on any atom is -0.308 e. The summed E-state index contributed by atoms with van der Waals surface area (Å²) in [5, 5.41) is 8.37. The minimum absolute atomic E-state index is 0.314. The number of hydrogen-bond acceptors (Lipinski definition) is 3. The summed E-state index contributed by atoms with van der Waals surface area (Å²) in [5.74, 6) is 0.703. The molecule has 3 heteroatoms. The molecule has 1 aliphatic rings. The Hall–Kier alpha value is -0.380. The summed E-state index contributed by atoms with van der Waals surface area (Å²) >= 11 is 1.81. The van der Waals surface area contributed by atoms with Crippen LogP contribution in [0, 0.1) is 5.92 Å². The van der Waals surface area contributed by atoms with Gasteiger partial charge >= 0.3 is 0 Å². The Bertz CT molecular complexity index is 409. The molecule has 1 aliphatic heterocycles. The number of thiophene rings is 1. The Labute approximate surface area is 134 Å². The van der Waals surface area contributed by atoms with Crippen LogP contribution in [0.4, 0.5) is 0 Å². The van der Waals surface area contributed by atoms with Gasteiger partial charge in [0.2, 0.25) is 0 Å². The molecule has 0 radical (unpaired) electrons. The second kappa shape index (κ2) is 7.26. The molecule has 2 heterocycles. The van der Waals surface area contributed by atoms with Gasteiger partial charge in [0.1, 0.15) is 0 Å². The normalized spacial score (nSPS) is 24.4. The predicted molar refractivity (Wildman–Crippen MR) is 94.1 cm³/mol. The zero-order chi connectivity index (χ0) is 15.5. The number of piperazine rings is 1. The maximum atomic E-state index is 3.87. The van der Waals surface area contributed by atoms with Crippen LogP contribution in [0.15, 0.2) is 16.8 Å². The third-order valence-electron chi connectivity index (χ3n) is 5.40. The molecule has 1 saturated heterocycles. The number of nitrogens with zero attached hydrogens (tertiary/aromatic N) is 1. The highest BCUT2D eigenvalue weighted by Gasteiger charge is 2.39. The molecule has 2 atom stereocenters. The van der Waals surface area contributed by atoms with Crippen LogP contribution in [0.3, 0.4) is 0 Å². The third kappa shape index (κ3) is 3.88. The van der Waals surface area contributed by atoms with E-state index in [0.717, 1.165) is 6.54 Å². The van der Waals surface area contributed by atoms with E-state index >= 15 is 0 Å². The summed E-state index contributed by atoms with van der Waals surface area (Å²) in [5.41, 5.74) is 1.81. The highest BCUT2D eigenvalue weighted by atomic mass is 32.1. The largest absolute Gasteiger partial charge is 0.308 e. The van der Waals surface area contributed by atoms with Gasteiger partial charge in [-0.15, -0.1) is 0 Å². The van der Waals surface area contributed by atoms with Crippen molar-refractivity contribution in [1.82, 2.24) is 10.2 Å². The van der Waals surface area contributed by atoms with Gasteiger partial charge in [-0.25, -0.2) is 0 Å². The van der Waals surface area contributed by atoms with Crippen molar-refractivity contribution in [1.29, 1.82) is 0 Å². The first kappa shape index (κ1) is 17.0. The molecule has 0 spiro atoms. The second-order valence-electron chi connectivity index (χ2n) is 7.04. The van der Waals surface area contributed by atoms with Gasteiger partial charge in [0.25, 0.3) is 0 Å². The lowest BCUT2D eigenvalue weighted by Crippen LogP contribution is -2.66. The van der Waals surface area contributed by atoms with Gasteiger partial charge in [0, 0.05) is 30.7 Å². The van der Waals surface area contributed by atoms with Crippen molar-refractivity contribution >= 4 is 11.3 Å². The van der Waals surface area contributed by atoms with Gasteiger partial charge in [0.05, 0.1) is 0 Å². The van der Waals surface area contributed by atoms with E-state index in [1.807, 2.05) is 11.3 Å². The van der Waals surface area contributed by atoms with Gasteiger partial charge in [-0.3, -0.25) is 4.90 Å². The Morgan fingerprint density at radius 2 is 2.05 bits per heavy atom. The fourth-order valence-electron chi connectivity index (χ4n) is 3.65. The SMILES string of the molecule is CCC1(CC)CN(C(C)Cc2ccsc2)C(C(C)C)CN1. The second-order valence-corrected chi connectivity index (χ2v) is 7.82. The zero-order valence-electron chi connectivity index (χ0n) is 14.4. The van der Waals surface area contributed by atoms with Crippen molar-refractivity contribution in [3.63, 3.8) is 0 Å². The zero-order valence-corrected chi connectivity index (χ0v) is 15.2. The third-order valence-corrected chi connectivity index (χ3v) is 6.13. The van der Waals surface area contributed by atoms with Crippen LogP contribution in [0.25, 0.3) is 0 Å². The first-order valence-electron chi connectivity index (χ1n) is 8.53. The fourth-order valence-corrected chi connectivity index (χ4v) is 4.33. The van der Waals surface area contributed by atoms with E-state index in [1.54, 1.807) is 0 Å². The average molecular weight is 309 g/mol. The van der Waals surface area contributed by atoms with Crippen molar-refractivity contribution in [2.24, 2.45) is 5.92 Å². The minimum atomic E-state index is 0.314. The summed E-state index contributed by atoms with van der Waals surface area (Å²) in [6.45, 7) is 14.1. The van der Waals surface area contributed by atoms with E-state index in [4.69, 9.17) is 0 Å². The highest BCUT2D eigenvalue weighted by Crippen LogP contribution is 2.28. The molecule has 2 nitrogen and oxygen atoms in total. The molecule has 0 bridgehead atoms. The van der Waals surface area contributed by atoms with Gasteiger partial charge in [-0.05, 0) is 54.5 Å². The molecule has 2 unspecified atom stereocenters. The molecule has 1 N–H and O–H groups in total. The lowest BCUT2D eigenvalue weighted by molar-refractivity contribution is 0.0221. The monoisotopic (exact) mass is 308 g/mol. The summed E-state index contributed by atoms with van der Waals surface area (Å²) in [6.07, 6.45) is 3.61. The number of hydrogen-bond donors (Lipinski definition) is 1. The highest BCUT2D eigenvalue weighted by molar-refractivity contribution is 7.07. The summed E-state index contributed by atoms with van der Waals surface area (Å²) in [4.78, 5) is 2.78. The topological polar surface area (TPSA) is 15.3 Å². The Kier molecular flexibility index (Phi) is 5.87. The fraction of sp³-hybridized carbons (Fsp3) is 0.778. The Morgan fingerprint density at radius 1 is 1.33 bits per heavy atom. The van der Waals surface area contributed by atoms with Crippen LogP contribution in [-0.2, 0) is 6.42 Å². The molecule has 120 valence electrons. The van der Waals surface area contributed by atoms with Crippen LogP contribution in [0.2, 0.25) is 0 Å². The van der Waals surface area contributed by atoms with Crippen molar-refractivity contribution in [3.8, 4) is 0 Å². The smallest absolute Gasteiger partial charge is 0.0304 e. The van der Waals surface area contributed by atoms with Crippen LogP contribution in [-0.4, -0.2) is 35.6 Å². The average Bonchev–Trinajstić information content (AvgIpc) is 2.99. The Balaban J connectivity index is 2.13. The first-order chi connectivity index (χ1) is 10.0. The van der Waals surface area contributed by atoms with E-state index in [-0.39, 0.29) is 0 Å². The lowest BCUT2D eigenvalue weighted by Gasteiger charge is -2.51. The van der Waals surface area contributed by atoms with Crippen molar-refractivity contribution in [2.75, 3.05) is 13.1 Å². The number of rotatable bonds is 6. The molecule has 1 fully saturated rings. The Morgan fingerprint density at radius 3 is 2.57 bits per heavy atom. The lowest BCUT2D eigenvalue weighted by atomic mass is 9.85. The van der Waals surface area contributed by atoms with Crippen molar-refractivity contribution in [2.45, 2.75) is 71.5 Å². The molecule has 0 aromatic carbocycles. The van der Waals surface area contributed by atoms with Crippen molar-refractivity contribution in [3.05, 3.63) is 22.4 Å². The van der Waals surface area contributed by atoms with Gasteiger partial charge < -0.3 is 5.32 Å². The van der Waals surface area contributed by atoms with Crippen LogP contribution in [0.1, 0.15) is 53.0 Å². The summed E-state index contributed by atoms with van der Waals surface area (Å²) < 4.78 is 0. The standard InChI is InChI=1S/C18H32N2S/c1-6-18(7-2)13-20(17(11-19-18)14(3)4)15(5)10-16-8-9-21-12-16/h8-9,12,14-15,17,19H,6-7,10-11,13H2,1-5H3. The maximum Gasteiger partial charge on any atom is 0.0304 e. The molecular formula is C18H32N2S. The maximum absolute atomic E-state index is 3.87. The van der Waals surface area contributed by atoms with Gasteiger partial charge in [-0.2, -0.15) is 11.3 Å². The molecule has 1 aromatic rings. The van der Waals surface area contributed by atoms with E-state index in [1.165, 1.54) is 31.4 Å². The van der Waals surface area contributed by atoms with E-state index in [9.17, 15) is 0 Å². The molecule has 2 rings (SSSR count). The number of nitrogens with one attached hydrogen (secondary N) is 1. The van der Waals surface area contributed by atoms with E-state index in [0.29, 0.717) is 23.5 Å². The van der Waals surface area contributed by atoms with Gasteiger partial charge in [-0.1, -0.05) is 27.7 Å². The first-order valence-corrected chi connectivity index (χ1v) is 9.47.